The van der Waals surface area contributed by atoms with Crippen molar-refractivity contribution in [2.75, 3.05) is 11.9 Å². The lowest BCUT2D eigenvalue weighted by Gasteiger charge is -2.16. The van der Waals surface area contributed by atoms with Crippen molar-refractivity contribution in [3.05, 3.63) is 90.3 Å². The molecule has 7 heteroatoms. The minimum absolute atomic E-state index is 0.174. The number of nitrogens with zero attached hydrogens (tertiary/aromatic N) is 3. The van der Waals surface area contributed by atoms with Crippen molar-refractivity contribution >= 4 is 29.6 Å². The Hall–Kier alpha value is -4.00. The molecule has 0 saturated carbocycles. The number of aliphatic carboxylic acids is 1. The van der Waals surface area contributed by atoms with E-state index in [9.17, 15) is 14.7 Å². The van der Waals surface area contributed by atoms with Crippen LogP contribution < -0.4 is 10.2 Å². The fourth-order valence-electron chi connectivity index (χ4n) is 2.78. The predicted octanol–water partition coefficient (Wildman–Crippen LogP) is 3.53. The van der Waals surface area contributed by atoms with E-state index in [1.54, 1.807) is 54.9 Å². The van der Waals surface area contributed by atoms with Crippen LogP contribution in [0.5, 0.6) is 0 Å². The van der Waals surface area contributed by atoms with Gasteiger partial charge >= 0.3 is 5.97 Å². The number of carboxylic acids is 1. The average Bonchev–Trinajstić information content (AvgIpc) is 2.79. The van der Waals surface area contributed by atoms with Gasteiger partial charge in [0.15, 0.2) is 0 Å². The zero-order valence-corrected chi connectivity index (χ0v) is 16.5. The monoisotopic (exact) mass is 402 g/mol. The lowest BCUT2D eigenvalue weighted by Crippen LogP contribution is -2.40. The fourth-order valence-corrected chi connectivity index (χ4v) is 2.78. The summed E-state index contributed by atoms with van der Waals surface area (Å²) in [5.41, 5.74) is 2.27. The molecule has 1 atom stereocenters. The Balaban J connectivity index is 1.60. The Morgan fingerprint density at radius 1 is 1.03 bits per heavy atom. The molecule has 1 aromatic heterocycles. The molecule has 7 nitrogen and oxygen atoms in total. The first kappa shape index (κ1) is 20.7. The van der Waals surface area contributed by atoms with Gasteiger partial charge in [0, 0.05) is 30.7 Å². The van der Waals surface area contributed by atoms with Crippen molar-refractivity contribution in [2.45, 2.75) is 12.5 Å². The van der Waals surface area contributed by atoms with Crippen molar-refractivity contribution in [1.82, 2.24) is 15.3 Å². The largest absolute Gasteiger partial charge is 0.480 e. The lowest BCUT2D eigenvalue weighted by molar-refractivity contribution is -0.139. The van der Waals surface area contributed by atoms with Gasteiger partial charge in [-0.25, -0.2) is 14.8 Å². The summed E-state index contributed by atoms with van der Waals surface area (Å²) in [6, 6.07) is 17.0. The van der Waals surface area contributed by atoms with E-state index < -0.39 is 17.9 Å². The van der Waals surface area contributed by atoms with E-state index in [0.717, 1.165) is 11.3 Å². The molecular weight excluding hydrogens is 380 g/mol. The number of carboxylic acid groups (broad SMARTS) is 1. The van der Waals surface area contributed by atoms with Crippen LogP contribution >= 0.6 is 0 Å². The van der Waals surface area contributed by atoms with E-state index in [2.05, 4.69) is 15.3 Å². The Morgan fingerprint density at radius 2 is 1.70 bits per heavy atom. The molecule has 0 aliphatic rings. The quantitative estimate of drug-likeness (QED) is 0.598. The summed E-state index contributed by atoms with van der Waals surface area (Å²) in [7, 11) is 1.88. The van der Waals surface area contributed by atoms with Crippen LogP contribution in [0, 0.1) is 0 Å². The van der Waals surface area contributed by atoms with Gasteiger partial charge in [-0.3, -0.25) is 4.79 Å². The number of carbonyl (C=O) groups excluding carboxylic acids is 1. The van der Waals surface area contributed by atoms with Crippen molar-refractivity contribution in [3.8, 4) is 0 Å². The van der Waals surface area contributed by atoms with Crippen LogP contribution in [-0.4, -0.2) is 40.0 Å². The maximum atomic E-state index is 12.2. The van der Waals surface area contributed by atoms with Crippen LogP contribution in [-0.2, 0) is 4.79 Å². The summed E-state index contributed by atoms with van der Waals surface area (Å²) in [5, 5.41) is 12.0. The van der Waals surface area contributed by atoms with Gasteiger partial charge in [-0.2, -0.15) is 0 Å². The van der Waals surface area contributed by atoms with Crippen molar-refractivity contribution in [2.24, 2.45) is 0 Å². The molecule has 1 heterocycles. The topological polar surface area (TPSA) is 95.4 Å². The molecule has 30 heavy (non-hydrogen) atoms. The van der Waals surface area contributed by atoms with E-state index in [0.29, 0.717) is 11.5 Å². The van der Waals surface area contributed by atoms with Gasteiger partial charge in [-0.05, 0) is 42.3 Å². The van der Waals surface area contributed by atoms with Crippen LogP contribution in [0.1, 0.15) is 22.3 Å². The third-order valence-electron chi connectivity index (χ3n) is 4.45. The number of benzene rings is 2. The second-order valence-electron chi connectivity index (χ2n) is 6.57. The number of amides is 1. The van der Waals surface area contributed by atoms with Crippen LogP contribution in [0.15, 0.2) is 79.1 Å². The van der Waals surface area contributed by atoms with Crippen LogP contribution in [0.3, 0.4) is 0 Å². The first-order chi connectivity index (χ1) is 14.5. The molecular formula is C23H22N4O3. The summed E-state index contributed by atoms with van der Waals surface area (Å²) in [4.78, 5) is 34.0. The Kier molecular flexibility index (Phi) is 6.89. The van der Waals surface area contributed by atoms with Crippen LogP contribution in [0.2, 0.25) is 0 Å². The van der Waals surface area contributed by atoms with E-state index in [1.807, 2.05) is 42.3 Å². The molecule has 0 aliphatic heterocycles. The van der Waals surface area contributed by atoms with Crippen molar-refractivity contribution in [3.63, 3.8) is 0 Å². The van der Waals surface area contributed by atoms with Gasteiger partial charge in [-0.15, -0.1) is 0 Å². The zero-order valence-electron chi connectivity index (χ0n) is 16.5. The van der Waals surface area contributed by atoms with Gasteiger partial charge in [0.1, 0.15) is 6.04 Å². The first-order valence-corrected chi connectivity index (χ1v) is 9.40. The standard InChI is InChI=1S/C23H22N4O3/c1-27(23-24-15-6-16-25-23)19-13-11-17(12-14-19)7-5-10-20(22(29)30)26-21(28)18-8-3-2-4-9-18/h2-9,11-16,20H,10H2,1H3,(H,26,28)(H,29,30). The van der Waals surface area contributed by atoms with Crippen molar-refractivity contribution < 1.29 is 14.7 Å². The summed E-state index contributed by atoms with van der Waals surface area (Å²) in [6.07, 6.45) is 7.11. The highest BCUT2D eigenvalue weighted by Crippen LogP contribution is 2.20. The highest BCUT2D eigenvalue weighted by atomic mass is 16.4. The predicted molar refractivity (Wildman–Crippen MR) is 116 cm³/mol. The molecule has 2 N–H and O–H groups in total. The number of nitrogens with one attached hydrogen (secondary N) is 1. The molecule has 0 saturated heterocycles. The number of hydrogen-bond acceptors (Lipinski definition) is 5. The Labute approximate surface area is 174 Å². The SMILES string of the molecule is CN(c1ccc(C=CCC(NC(=O)c2ccccc2)C(=O)O)cc1)c1ncccn1. The van der Waals surface area contributed by atoms with Gasteiger partial charge in [0.25, 0.3) is 5.91 Å². The molecule has 0 spiro atoms. The number of hydrogen-bond donors (Lipinski definition) is 2. The highest BCUT2D eigenvalue weighted by molar-refractivity contribution is 5.96. The summed E-state index contributed by atoms with van der Waals surface area (Å²) < 4.78 is 0. The third kappa shape index (κ3) is 5.51. The summed E-state index contributed by atoms with van der Waals surface area (Å²) >= 11 is 0. The molecule has 152 valence electrons. The zero-order chi connectivity index (χ0) is 21.3. The molecule has 0 bridgehead atoms. The Bertz CT molecular complexity index is 1010. The first-order valence-electron chi connectivity index (χ1n) is 9.40. The molecule has 0 radical (unpaired) electrons. The van der Waals surface area contributed by atoms with E-state index in [4.69, 9.17) is 0 Å². The third-order valence-corrected chi connectivity index (χ3v) is 4.45. The van der Waals surface area contributed by atoms with Gasteiger partial charge in [-0.1, -0.05) is 42.5 Å². The number of rotatable bonds is 8. The fraction of sp³-hybridized carbons (Fsp3) is 0.130. The maximum absolute atomic E-state index is 12.2. The smallest absolute Gasteiger partial charge is 0.326 e. The molecule has 1 amide bonds. The van der Waals surface area contributed by atoms with E-state index >= 15 is 0 Å². The normalized spacial score (nSPS) is 11.8. The minimum atomic E-state index is -1.08. The summed E-state index contributed by atoms with van der Waals surface area (Å²) in [6.45, 7) is 0. The maximum Gasteiger partial charge on any atom is 0.326 e. The van der Waals surface area contributed by atoms with Crippen LogP contribution in [0.25, 0.3) is 6.08 Å². The summed E-state index contributed by atoms with van der Waals surface area (Å²) in [5.74, 6) is -0.894. The molecule has 2 aromatic carbocycles. The Morgan fingerprint density at radius 3 is 2.33 bits per heavy atom. The van der Waals surface area contributed by atoms with Crippen LogP contribution in [0.4, 0.5) is 11.6 Å². The van der Waals surface area contributed by atoms with Gasteiger partial charge in [0.05, 0.1) is 0 Å². The highest BCUT2D eigenvalue weighted by Gasteiger charge is 2.19. The molecule has 3 aromatic rings. The molecule has 3 rings (SSSR count). The molecule has 1 unspecified atom stereocenters. The number of carbonyl (C=O) groups is 2. The second-order valence-corrected chi connectivity index (χ2v) is 6.57. The number of aromatic nitrogens is 2. The van der Waals surface area contributed by atoms with E-state index in [1.165, 1.54) is 0 Å². The average molecular weight is 402 g/mol. The molecule has 0 fully saturated rings. The second kappa shape index (κ2) is 9.97. The van der Waals surface area contributed by atoms with Crippen molar-refractivity contribution in [1.29, 1.82) is 0 Å². The minimum Gasteiger partial charge on any atom is -0.480 e. The van der Waals surface area contributed by atoms with Gasteiger partial charge < -0.3 is 15.3 Å². The van der Waals surface area contributed by atoms with E-state index in [-0.39, 0.29) is 6.42 Å². The van der Waals surface area contributed by atoms with Gasteiger partial charge in [0.2, 0.25) is 5.95 Å². The molecule has 0 aliphatic carbocycles. The number of anilines is 2. The lowest BCUT2D eigenvalue weighted by atomic mass is 10.1.